The fourth-order valence-electron chi connectivity index (χ4n) is 1.62. The third-order valence-corrected chi connectivity index (χ3v) is 2.79. The van der Waals surface area contributed by atoms with E-state index in [0.29, 0.717) is 17.5 Å². The van der Waals surface area contributed by atoms with Crippen LogP contribution in [0, 0.1) is 0 Å². The Morgan fingerprint density at radius 2 is 2.00 bits per heavy atom. The molecule has 0 saturated heterocycles. The number of hydrogen-bond donors (Lipinski definition) is 1. The fourth-order valence-corrected chi connectivity index (χ4v) is 1.77. The standard InChI is InChI=1S/C13H12ClN3O2/c1-17(12-7-15-6-11(14)16-12)8-9-2-4-10(5-3-9)13(18)19/h2-7H,8H2,1H3,(H,18,19). The maximum absolute atomic E-state index is 10.8. The summed E-state index contributed by atoms with van der Waals surface area (Å²) in [6.45, 7) is 0.592. The van der Waals surface area contributed by atoms with Crippen LogP contribution in [0.5, 0.6) is 0 Å². The molecule has 0 aliphatic rings. The molecule has 0 atom stereocenters. The van der Waals surface area contributed by atoms with Crippen LogP contribution in [0.15, 0.2) is 36.7 Å². The van der Waals surface area contributed by atoms with Gasteiger partial charge < -0.3 is 10.0 Å². The van der Waals surface area contributed by atoms with Crippen molar-refractivity contribution in [1.29, 1.82) is 0 Å². The number of aromatic nitrogens is 2. The monoisotopic (exact) mass is 277 g/mol. The van der Waals surface area contributed by atoms with E-state index < -0.39 is 5.97 Å². The topological polar surface area (TPSA) is 66.3 Å². The maximum Gasteiger partial charge on any atom is 0.335 e. The smallest absolute Gasteiger partial charge is 0.335 e. The summed E-state index contributed by atoms with van der Waals surface area (Å²) in [4.78, 5) is 20.8. The van der Waals surface area contributed by atoms with Crippen LogP contribution in [0.4, 0.5) is 5.82 Å². The molecule has 1 aromatic heterocycles. The fraction of sp³-hybridized carbons (Fsp3) is 0.154. The summed E-state index contributed by atoms with van der Waals surface area (Å²) < 4.78 is 0. The number of halogens is 1. The molecule has 1 N–H and O–H groups in total. The van der Waals surface area contributed by atoms with E-state index in [1.165, 1.54) is 6.20 Å². The van der Waals surface area contributed by atoms with Gasteiger partial charge in [-0.15, -0.1) is 0 Å². The summed E-state index contributed by atoms with van der Waals surface area (Å²) >= 11 is 5.78. The Morgan fingerprint density at radius 3 is 2.58 bits per heavy atom. The van der Waals surface area contributed by atoms with Crippen molar-refractivity contribution in [1.82, 2.24) is 9.97 Å². The second kappa shape index (κ2) is 5.67. The van der Waals surface area contributed by atoms with Crippen LogP contribution in [-0.2, 0) is 6.54 Å². The van der Waals surface area contributed by atoms with Gasteiger partial charge in [0.2, 0.25) is 0 Å². The zero-order valence-electron chi connectivity index (χ0n) is 10.2. The summed E-state index contributed by atoms with van der Waals surface area (Å²) in [5.41, 5.74) is 1.25. The van der Waals surface area contributed by atoms with Crippen LogP contribution in [0.25, 0.3) is 0 Å². The lowest BCUT2D eigenvalue weighted by atomic mass is 10.1. The predicted molar refractivity (Wildman–Crippen MR) is 72.6 cm³/mol. The Morgan fingerprint density at radius 1 is 1.32 bits per heavy atom. The highest BCUT2D eigenvalue weighted by atomic mass is 35.5. The highest BCUT2D eigenvalue weighted by Gasteiger charge is 2.06. The SMILES string of the molecule is CN(Cc1ccc(C(=O)O)cc1)c1cncc(Cl)n1. The molecule has 0 radical (unpaired) electrons. The number of rotatable bonds is 4. The molecule has 0 aliphatic carbocycles. The van der Waals surface area contributed by atoms with Gasteiger partial charge in [0.1, 0.15) is 11.0 Å². The summed E-state index contributed by atoms with van der Waals surface area (Å²) in [6, 6.07) is 6.71. The molecule has 0 fully saturated rings. The molecule has 1 aromatic carbocycles. The molecule has 5 nitrogen and oxygen atoms in total. The van der Waals surface area contributed by atoms with Crippen molar-refractivity contribution >= 4 is 23.4 Å². The molecular formula is C13H12ClN3O2. The van der Waals surface area contributed by atoms with E-state index in [9.17, 15) is 4.79 Å². The van der Waals surface area contributed by atoms with Gasteiger partial charge in [-0.3, -0.25) is 4.98 Å². The van der Waals surface area contributed by atoms with Gasteiger partial charge in [-0.1, -0.05) is 23.7 Å². The third-order valence-electron chi connectivity index (χ3n) is 2.60. The van der Waals surface area contributed by atoms with E-state index >= 15 is 0 Å². The number of aromatic carboxylic acids is 1. The van der Waals surface area contributed by atoms with Gasteiger partial charge in [0.05, 0.1) is 18.0 Å². The van der Waals surface area contributed by atoms with Crippen molar-refractivity contribution in [2.75, 3.05) is 11.9 Å². The molecule has 0 saturated carbocycles. The normalized spacial score (nSPS) is 10.2. The van der Waals surface area contributed by atoms with Gasteiger partial charge in [-0.2, -0.15) is 0 Å². The van der Waals surface area contributed by atoms with Crippen LogP contribution < -0.4 is 4.90 Å². The first-order valence-corrected chi connectivity index (χ1v) is 5.95. The van der Waals surface area contributed by atoms with Crippen LogP contribution in [-0.4, -0.2) is 28.1 Å². The number of hydrogen-bond acceptors (Lipinski definition) is 4. The lowest BCUT2D eigenvalue weighted by Crippen LogP contribution is -2.18. The zero-order chi connectivity index (χ0) is 13.8. The van der Waals surface area contributed by atoms with Crippen LogP contribution in [0.2, 0.25) is 5.15 Å². The van der Waals surface area contributed by atoms with E-state index in [0.717, 1.165) is 5.56 Å². The molecule has 2 rings (SSSR count). The average molecular weight is 278 g/mol. The molecule has 1 heterocycles. The number of benzene rings is 1. The second-order valence-corrected chi connectivity index (χ2v) is 4.45. The van der Waals surface area contributed by atoms with Crippen molar-refractivity contribution in [3.05, 3.63) is 52.9 Å². The van der Waals surface area contributed by atoms with Crippen molar-refractivity contribution < 1.29 is 9.90 Å². The third kappa shape index (κ3) is 3.42. The lowest BCUT2D eigenvalue weighted by Gasteiger charge is -2.17. The van der Waals surface area contributed by atoms with Gasteiger partial charge in [0, 0.05) is 13.6 Å². The van der Waals surface area contributed by atoms with Crippen LogP contribution in [0.1, 0.15) is 15.9 Å². The first-order chi connectivity index (χ1) is 9.06. The van der Waals surface area contributed by atoms with Gasteiger partial charge in [-0.25, -0.2) is 9.78 Å². The molecule has 6 heteroatoms. The number of carboxylic acids is 1. The Labute approximate surface area is 115 Å². The minimum atomic E-state index is -0.930. The average Bonchev–Trinajstić information content (AvgIpc) is 2.39. The Kier molecular flexibility index (Phi) is 3.97. The van der Waals surface area contributed by atoms with E-state index in [2.05, 4.69) is 9.97 Å². The molecular weight excluding hydrogens is 266 g/mol. The first kappa shape index (κ1) is 13.3. The van der Waals surface area contributed by atoms with Crippen molar-refractivity contribution in [3.63, 3.8) is 0 Å². The molecule has 2 aromatic rings. The van der Waals surface area contributed by atoms with E-state index in [4.69, 9.17) is 16.7 Å². The van der Waals surface area contributed by atoms with E-state index in [-0.39, 0.29) is 5.56 Å². The number of nitrogens with zero attached hydrogens (tertiary/aromatic N) is 3. The van der Waals surface area contributed by atoms with Crippen LogP contribution >= 0.6 is 11.6 Å². The summed E-state index contributed by atoms with van der Waals surface area (Å²) in [5.74, 6) is -0.268. The van der Waals surface area contributed by atoms with Gasteiger partial charge in [-0.05, 0) is 17.7 Å². The summed E-state index contributed by atoms with van der Waals surface area (Å²) in [6.07, 6.45) is 3.10. The molecule has 0 amide bonds. The van der Waals surface area contributed by atoms with Gasteiger partial charge >= 0.3 is 5.97 Å². The van der Waals surface area contributed by atoms with Crippen molar-refractivity contribution in [2.45, 2.75) is 6.54 Å². The highest BCUT2D eigenvalue weighted by molar-refractivity contribution is 6.29. The Balaban J connectivity index is 2.10. The van der Waals surface area contributed by atoms with Crippen LogP contribution in [0.3, 0.4) is 0 Å². The minimum Gasteiger partial charge on any atom is -0.478 e. The molecule has 0 spiro atoms. The van der Waals surface area contributed by atoms with Gasteiger partial charge in [0.25, 0.3) is 0 Å². The summed E-state index contributed by atoms with van der Waals surface area (Å²) in [5, 5.41) is 9.16. The second-order valence-electron chi connectivity index (χ2n) is 4.06. The van der Waals surface area contributed by atoms with Gasteiger partial charge in [0.15, 0.2) is 0 Å². The molecule has 19 heavy (non-hydrogen) atoms. The largest absolute Gasteiger partial charge is 0.478 e. The minimum absolute atomic E-state index is 0.272. The predicted octanol–water partition coefficient (Wildman–Crippen LogP) is 2.46. The molecule has 98 valence electrons. The van der Waals surface area contributed by atoms with Crippen molar-refractivity contribution in [3.8, 4) is 0 Å². The maximum atomic E-state index is 10.8. The zero-order valence-corrected chi connectivity index (χ0v) is 11.0. The van der Waals surface area contributed by atoms with Crippen molar-refractivity contribution in [2.24, 2.45) is 0 Å². The lowest BCUT2D eigenvalue weighted by molar-refractivity contribution is 0.0697. The quantitative estimate of drug-likeness (QED) is 0.930. The first-order valence-electron chi connectivity index (χ1n) is 5.57. The Bertz CT molecular complexity index is 587. The summed E-state index contributed by atoms with van der Waals surface area (Å²) in [7, 11) is 1.87. The van der Waals surface area contributed by atoms with E-state index in [1.54, 1.807) is 30.5 Å². The molecule has 0 bridgehead atoms. The van der Waals surface area contributed by atoms with E-state index in [1.807, 2.05) is 11.9 Å². The Hall–Kier alpha value is -2.14. The molecule has 0 unspecified atom stereocenters. The number of carbonyl (C=O) groups is 1. The number of carboxylic acid groups (broad SMARTS) is 1. The number of anilines is 1. The highest BCUT2D eigenvalue weighted by Crippen LogP contribution is 2.14. The molecule has 0 aliphatic heterocycles.